The average Bonchev–Trinajstić information content (AvgIpc) is 2.54. The number of carbonyl (C=O) groups is 1. The summed E-state index contributed by atoms with van der Waals surface area (Å²) in [5, 5.41) is 4.63. The molecular weight excluding hydrogens is 324 g/mol. The molecule has 5 nitrogen and oxygen atoms in total. The zero-order chi connectivity index (χ0) is 17.7. The van der Waals surface area contributed by atoms with Gasteiger partial charge in [-0.1, -0.05) is 43.7 Å². The van der Waals surface area contributed by atoms with E-state index in [1.54, 1.807) is 25.1 Å². The highest BCUT2D eigenvalue weighted by Crippen LogP contribution is 2.19. The van der Waals surface area contributed by atoms with Crippen LogP contribution in [0.2, 0.25) is 0 Å². The van der Waals surface area contributed by atoms with Gasteiger partial charge in [0.2, 0.25) is 15.9 Å². The van der Waals surface area contributed by atoms with E-state index in [2.05, 4.69) is 10.0 Å². The van der Waals surface area contributed by atoms with Crippen LogP contribution in [0.3, 0.4) is 0 Å². The van der Waals surface area contributed by atoms with Gasteiger partial charge in [0.25, 0.3) is 0 Å². The minimum Gasteiger partial charge on any atom is -0.352 e. The number of nitrogens with one attached hydrogen (secondary N) is 2. The van der Waals surface area contributed by atoms with E-state index in [0.717, 1.165) is 23.6 Å². The first-order valence-corrected chi connectivity index (χ1v) is 9.63. The number of carbonyl (C=O) groups excluding carboxylic acids is 1. The first-order chi connectivity index (χ1) is 11.3. The third-order valence-corrected chi connectivity index (χ3v) is 5.41. The van der Waals surface area contributed by atoms with Gasteiger partial charge in [-0.15, -0.1) is 0 Å². The van der Waals surface area contributed by atoms with Gasteiger partial charge in [-0.25, -0.2) is 8.42 Å². The summed E-state index contributed by atoms with van der Waals surface area (Å²) in [4.78, 5) is 12.3. The molecule has 2 N–H and O–H groups in total. The van der Waals surface area contributed by atoms with E-state index in [1.165, 1.54) is 0 Å². The molecule has 0 aliphatic rings. The Hall–Kier alpha value is -1.92. The third kappa shape index (κ3) is 4.55. The predicted molar refractivity (Wildman–Crippen MR) is 96.2 cm³/mol. The molecule has 0 radical (unpaired) electrons. The minimum atomic E-state index is -3.75. The monoisotopic (exact) mass is 348 g/mol. The second-order valence-electron chi connectivity index (χ2n) is 6.05. The fourth-order valence-corrected chi connectivity index (χ4v) is 3.80. The van der Waals surface area contributed by atoms with Crippen molar-refractivity contribution in [2.75, 3.05) is 0 Å². The van der Waals surface area contributed by atoms with Gasteiger partial charge in [0.05, 0.1) is 10.9 Å². The molecule has 0 bridgehead atoms. The molecule has 2 rings (SSSR count). The van der Waals surface area contributed by atoms with E-state index in [9.17, 15) is 13.2 Å². The van der Waals surface area contributed by atoms with Crippen LogP contribution in [-0.2, 0) is 14.8 Å². The first kappa shape index (κ1) is 18.4. The number of hydrogen-bond donors (Lipinski definition) is 2. The molecule has 0 aromatic heterocycles. The molecule has 6 heteroatoms. The Morgan fingerprint density at radius 3 is 2.42 bits per heavy atom. The van der Waals surface area contributed by atoms with E-state index in [4.69, 9.17) is 0 Å². The molecule has 2 atom stereocenters. The quantitative estimate of drug-likeness (QED) is 0.808. The average molecular weight is 348 g/mol. The Morgan fingerprint density at radius 1 is 1.08 bits per heavy atom. The third-order valence-electron chi connectivity index (χ3n) is 3.87. The zero-order valence-electron chi connectivity index (χ0n) is 14.2. The van der Waals surface area contributed by atoms with Crippen molar-refractivity contribution in [2.24, 2.45) is 0 Å². The van der Waals surface area contributed by atoms with Gasteiger partial charge >= 0.3 is 0 Å². The topological polar surface area (TPSA) is 75.3 Å². The van der Waals surface area contributed by atoms with Crippen LogP contribution in [0.1, 0.15) is 33.6 Å². The number of fused-ring (bicyclic) bond motifs is 1. The van der Waals surface area contributed by atoms with Crippen molar-refractivity contribution in [2.45, 2.75) is 50.6 Å². The largest absolute Gasteiger partial charge is 0.352 e. The summed E-state index contributed by atoms with van der Waals surface area (Å²) in [6, 6.07) is 11.7. The molecule has 0 saturated carbocycles. The SMILES string of the molecule is CCC[C@H](C)NC(=O)[C@@H](C)NS(=O)(=O)c1ccc2ccccc2c1. The van der Waals surface area contributed by atoms with Crippen molar-refractivity contribution in [3.8, 4) is 0 Å². The Morgan fingerprint density at radius 2 is 1.75 bits per heavy atom. The molecule has 0 fully saturated rings. The molecule has 130 valence electrons. The molecule has 0 heterocycles. The predicted octanol–water partition coefficient (Wildman–Crippen LogP) is 2.81. The molecule has 0 unspecified atom stereocenters. The van der Waals surface area contributed by atoms with Crippen molar-refractivity contribution >= 4 is 26.7 Å². The van der Waals surface area contributed by atoms with Gasteiger partial charge in [0, 0.05) is 6.04 Å². The number of benzene rings is 2. The Labute approximate surface area is 143 Å². The normalized spacial score (nSPS) is 14.3. The highest BCUT2D eigenvalue weighted by Gasteiger charge is 2.23. The van der Waals surface area contributed by atoms with Gasteiger partial charge in [-0.2, -0.15) is 4.72 Å². The van der Waals surface area contributed by atoms with Gasteiger partial charge in [0.15, 0.2) is 0 Å². The lowest BCUT2D eigenvalue weighted by molar-refractivity contribution is -0.123. The molecule has 0 aliphatic carbocycles. The van der Waals surface area contributed by atoms with Crippen LogP contribution >= 0.6 is 0 Å². The van der Waals surface area contributed by atoms with Gasteiger partial charge in [-0.3, -0.25) is 4.79 Å². The summed E-state index contributed by atoms with van der Waals surface area (Å²) in [6.45, 7) is 5.49. The number of rotatable bonds is 7. The van der Waals surface area contributed by atoms with E-state index < -0.39 is 16.1 Å². The minimum absolute atomic E-state index is 0.0233. The van der Waals surface area contributed by atoms with E-state index >= 15 is 0 Å². The van der Waals surface area contributed by atoms with Crippen LogP contribution in [0.4, 0.5) is 0 Å². The molecule has 0 aliphatic heterocycles. The standard InChI is InChI=1S/C18H24N2O3S/c1-4-7-13(2)19-18(21)14(3)20-24(22,23)17-11-10-15-8-5-6-9-16(15)12-17/h5-6,8-14,20H,4,7H2,1-3H3,(H,19,21)/t13-,14+/m0/s1. The summed E-state index contributed by atoms with van der Waals surface area (Å²) in [7, 11) is -3.75. The second kappa shape index (κ2) is 7.77. The van der Waals surface area contributed by atoms with Crippen molar-refractivity contribution in [3.05, 3.63) is 42.5 Å². The molecule has 2 aromatic carbocycles. The fourth-order valence-electron chi connectivity index (χ4n) is 2.56. The van der Waals surface area contributed by atoms with Crippen LogP contribution in [0, 0.1) is 0 Å². The van der Waals surface area contributed by atoms with E-state index in [-0.39, 0.29) is 16.8 Å². The van der Waals surface area contributed by atoms with Crippen LogP contribution in [0.5, 0.6) is 0 Å². The van der Waals surface area contributed by atoms with Crippen LogP contribution in [0.15, 0.2) is 47.4 Å². The molecule has 0 spiro atoms. The number of amides is 1. The smallest absolute Gasteiger partial charge is 0.241 e. The molecule has 0 saturated heterocycles. The summed E-state index contributed by atoms with van der Waals surface area (Å²) >= 11 is 0. The molecular formula is C18H24N2O3S. The first-order valence-electron chi connectivity index (χ1n) is 8.15. The van der Waals surface area contributed by atoms with Crippen LogP contribution in [0.25, 0.3) is 10.8 Å². The maximum Gasteiger partial charge on any atom is 0.241 e. The van der Waals surface area contributed by atoms with E-state index in [0.29, 0.717) is 0 Å². The number of sulfonamides is 1. The zero-order valence-corrected chi connectivity index (χ0v) is 15.1. The van der Waals surface area contributed by atoms with Crippen molar-refractivity contribution in [3.63, 3.8) is 0 Å². The Bertz CT molecular complexity index is 818. The molecule has 1 amide bonds. The van der Waals surface area contributed by atoms with Gasteiger partial charge < -0.3 is 5.32 Å². The maximum absolute atomic E-state index is 12.5. The second-order valence-corrected chi connectivity index (χ2v) is 7.76. The highest BCUT2D eigenvalue weighted by atomic mass is 32.2. The van der Waals surface area contributed by atoms with Crippen molar-refractivity contribution in [1.29, 1.82) is 0 Å². The van der Waals surface area contributed by atoms with Gasteiger partial charge in [-0.05, 0) is 43.2 Å². The Balaban J connectivity index is 2.12. The lowest BCUT2D eigenvalue weighted by Crippen LogP contribution is -2.47. The fraction of sp³-hybridized carbons (Fsp3) is 0.389. The van der Waals surface area contributed by atoms with Crippen LogP contribution in [-0.4, -0.2) is 26.4 Å². The highest BCUT2D eigenvalue weighted by molar-refractivity contribution is 7.89. The van der Waals surface area contributed by atoms with Crippen molar-refractivity contribution < 1.29 is 13.2 Å². The van der Waals surface area contributed by atoms with Crippen LogP contribution < -0.4 is 10.0 Å². The number of hydrogen-bond acceptors (Lipinski definition) is 3. The van der Waals surface area contributed by atoms with E-state index in [1.807, 2.05) is 38.1 Å². The summed E-state index contributed by atoms with van der Waals surface area (Å²) in [5.74, 6) is -0.319. The van der Waals surface area contributed by atoms with Gasteiger partial charge in [0.1, 0.15) is 0 Å². The maximum atomic E-state index is 12.5. The summed E-state index contributed by atoms with van der Waals surface area (Å²) in [6.07, 6.45) is 1.81. The molecule has 2 aromatic rings. The Kier molecular flexibility index (Phi) is 5.96. The summed E-state index contributed by atoms with van der Waals surface area (Å²) < 4.78 is 27.5. The summed E-state index contributed by atoms with van der Waals surface area (Å²) in [5.41, 5.74) is 0. The van der Waals surface area contributed by atoms with Crippen molar-refractivity contribution in [1.82, 2.24) is 10.0 Å². The lowest BCUT2D eigenvalue weighted by Gasteiger charge is -2.18. The lowest BCUT2D eigenvalue weighted by atomic mass is 10.1. The molecule has 24 heavy (non-hydrogen) atoms.